The van der Waals surface area contributed by atoms with Crippen LogP contribution in [-0.4, -0.2) is 44.0 Å². The van der Waals surface area contributed by atoms with Gasteiger partial charge in [-0.15, -0.1) is 10.2 Å². The third-order valence-corrected chi connectivity index (χ3v) is 8.68. The summed E-state index contributed by atoms with van der Waals surface area (Å²) in [4.78, 5) is -1.88. The Kier molecular flexibility index (Phi) is 7.22. The van der Waals surface area contributed by atoms with E-state index >= 15 is 0 Å². The van der Waals surface area contributed by atoms with Gasteiger partial charge >= 0.3 is 0 Å². The van der Waals surface area contributed by atoms with Crippen LogP contribution in [0.4, 0.5) is 22.7 Å². The lowest BCUT2D eigenvalue weighted by molar-refractivity contribution is 0.471. The predicted octanol–water partition coefficient (Wildman–Crippen LogP) is 5.60. The van der Waals surface area contributed by atoms with Gasteiger partial charge in [-0.1, -0.05) is 30.3 Å². The number of hydrogen-bond donors (Lipinski definition) is 5. The van der Waals surface area contributed by atoms with Crippen molar-refractivity contribution in [1.82, 2.24) is 0 Å². The van der Waals surface area contributed by atoms with Crippen LogP contribution >= 0.6 is 0 Å². The highest BCUT2D eigenvalue weighted by Crippen LogP contribution is 2.41. The van der Waals surface area contributed by atoms with Crippen LogP contribution in [0.5, 0.6) is 5.75 Å². The number of aromatic hydroxyl groups is 1. The second-order valence-corrected chi connectivity index (χ2v) is 13.1. The zero-order valence-electron chi connectivity index (χ0n) is 20.9. The summed E-state index contributed by atoms with van der Waals surface area (Å²) in [6.45, 7) is 0. The Morgan fingerprint density at radius 1 is 0.595 bits per heavy atom. The topological polar surface area (TPSA) is 220 Å². The summed E-state index contributed by atoms with van der Waals surface area (Å²) in [6.07, 6.45) is 0. The van der Waals surface area contributed by atoms with Gasteiger partial charge in [0.05, 0.1) is 26.6 Å². The van der Waals surface area contributed by atoms with E-state index in [1.807, 2.05) is 0 Å². The summed E-state index contributed by atoms with van der Waals surface area (Å²) >= 11 is 0. The fraction of sp³-hybridized carbons (Fsp3) is 0. The van der Waals surface area contributed by atoms with Gasteiger partial charge in [0, 0.05) is 28.2 Å². The molecule has 216 valence electrons. The molecule has 13 nitrogen and oxygen atoms in total. The molecule has 0 amide bonds. The molecule has 42 heavy (non-hydrogen) atoms. The van der Waals surface area contributed by atoms with Crippen LogP contribution in [0.2, 0.25) is 0 Å². The number of hydrogen-bond acceptors (Lipinski definition) is 10. The Bertz CT molecular complexity index is 2250. The molecule has 16 heteroatoms. The van der Waals surface area contributed by atoms with Gasteiger partial charge in [-0.25, -0.2) is 0 Å². The number of nitrogens with zero attached hydrogens (tertiary/aromatic N) is 2. The minimum atomic E-state index is -4.85. The van der Waals surface area contributed by atoms with Crippen LogP contribution in [-0.2, 0) is 30.4 Å². The van der Waals surface area contributed by atoms with Crippen molar-refractivity contribution in [2.45, 2.75) is 14.7 Å². The number of benzene rings is 5. The van der Waals surface area contributed by atoms with Gasteiger partial charge in [0.25, 0.3) is 30.4 Å². The summed E-state index contributed by atoms with van der Waals surface area (Å²) in [5.41, 5.74) is 0.669. The van der Waals surface area contributed by atoms with Gasteiger partial charge in [0.2, 0.25) is 0 Å². The maximum atomic E-state index is 12.3. The Morgan fingerprint density at radius 2 is 1.21 bits per heavy atom. The van der Waals surface area contributed by atoms with Crippen molar-refractivity contribution in [3.8, 4) is 5.75 Å². The fourth-order valence-corrected chi connectivity index (χ4v) is 6.14. The van der Waals surface area contributed by atoms with E-state index in [2.05, 4.69) is 15.5 Å². The summed E-state index contributed by atoms with van der Waals surface area (Å²) in [5.74, 6) is -0.697. The largest absolute Gasteiger partial charge is 0.507 e. The smallest absolute Gasteiger partial charge is 0.295 e. The molecule has 0 aliphatic heterocycles. The van der Waals surface area contributed by atoms with Gasteiger partial charge < -0.3 is 10.4 Å². The third-order valence-electron chi connectivity index (χ3n) is 6.13. The Hall–Kier alpha value is -4.45. The van der Waals surface area contributed by atoms with Crippen LogP contribution in [0.25, 0.3) is 21.5 Å². The number of phenols is 1. The highest BCUT2D eigenvalue weighted by atomic mass is 32.2. The fourth-order valence-electron chi connectivity index (χ4n) is 4.34. The first kappa shape index (κ1) is 29.1. The van der Waals surface area contributed by atoms with Crippen LogP contribution in [0.15, 0.2) is 110 Å². The third kappa shape index (κ3) is 5.80. The first-order valence-electron chi connectivity index (χ1n) is 11.7. The number of nitrogens with one attached hydrogen (secondary N) is 1. The highest BCUT2D eigenvalue weighted by molar-refractivity contribution is 7.86. The molecule has 0 atom stereocenters. The van der Waals surface area contributed by atoms with Crippen LogP contribution in [0, 0.1) is 0 Å². The van der Waals surface area contributed by atoms with E-state index < -0.39 is 50.8 Å². The first-order valence-corrected chi connectivity index (χ1v) is 16.0. The molecule has 0 saturated heterocycles. The molecule has 0 unspecified atom stereocenters. The van der Waals surface area contributed by atoms with E-state index in [4.69, 9.17) is 0 Å². The number of rotatable bonds is 7. The Balaban J connectivity index is 1.74. The summed E-state index contributed by atoms with van der Waals surface area (Å²) in [6, 6.07) is 19.2. The van der Waals surface area contributed by atoms with Crippen molar-refractivity contribution in [1.29, 1.82) is 0 Å². The molecule has 0 saturated carbocycles. The molecular formula is C26H19N3O10S3. The van der Waals surface area contributed by atoms with E-state index in [1.165, 1.54) is 30.3 Å². The maximum absolute atomic E-state index is 12.3. The molecule has 5 aromatic rings. The molecule has 0 fully saturated rings. The van der Waals surface area contributed by atoms with Crippen molar-refractivity contribution >= 4 is 74.6 Å². The standard InChI is InChI=1S/C26H19N3O10S3/c30-23-14-18(41(34,35)36)12-15-11-17(40(31,32)33)13-22(25(15)23)29-28-20-9-10-21(27-16-5-2-1-3-6-16)26-19(20)7-4-8-24(26)42(37,38)39/h1-14,27,30H,(H,31,32,33)(H,34,35,36)(H,37,38,39)/b29-28-. The molecule has 0 radical (unpaired) electrons. The molecule has 5 aromatic carbocycles. The van der Waals surface area contributed by atoms with Gasteiger partial charge in [0.1, 0.15) is 10.6 Å². The van der Waals surface area contributed by atoms with Crippen LogP contribution < -0.4 is 5.32 Å². The summed E-state index contributed by atoms with van der Waals surface area (Å²) < 4.78 is 101. The van der Waals surface area contributed by atoms with Crippen molar-refractivity contribution < 1.29 is 44.0 Å². The minimum absolute atomic E-state index is 0.0635. The molecule has 0 aromatic heterocycles. The highest BCUT2D eigenvalue weighted by Gasteiger charge is 2.21. The quantitative estimate of drug-likeness (QED) is 0.110. The van der Waals surface area contributed by atoms with E-state index in [9.17, 15) is 44.0 Å². The molecule has 0 aliphatic carbocycles. The van der Waals surface area contributed by atoms with Crippen LogP contribution in [0.1, 0.15) is 0 Å². The molecule has 5 N–H and O–H groups in total. The van der Waals surface area contributed by atoms with E-state index in [-0.39, 0.29) is 32.9 Å². The van der Waals surface area contributed by atoms with Gasteiger partial charge in [-0.05, 0) is 53.9 Å². The number of anilines is 2. The summed E-state index contributed by atoms with van der Waals surface area (Å²) in [5, 5.41) is 21.7. The molecular weight excluding hydrogens is 610 g/mol. The number of azo groups is 1. The SMILES string of the molecule is O=S(=O)(O)c1cc(O)c2c(/N=N\c3ccc(Nc4ccccc4)c4c(S(=O)(=O)O)cccc34)cc(S(=O)(=O)O)cc2c1. The zero-order chi connectivity index (χ0) is 30.4. The average molecular weight is 630 g/mol. The second kappa shape index (κ2) is 10.4. The van der Waals surface area contributed by atoms with Crippen LogP contribution in [0.3, 0.4) is 0 Å². The first-order chi connectivity index (χ1) is 19.6. The van der Waals surface area contributed by atoms with E-state index in [0.717, 1.165) is 24.3 Å². The van der Waals surface area contributed by atoms with Crippen molar-refractivity contribution in [3.05, 3.63) is 84.9 Å². The van der Waals surface area contributed by atoms with Crippen molar-refractivity contribution in [2.75, 3.05) is 5.32 Å². The number of phenolic OH excluding ortho intramolecular Hbond substituents is 1. The zero-order valence-corrected chi connectivity index (χ0v) is 23.4. The summed E-state index contributed by atoms with van der Waals surface area (Å²) in [7, 11) is -14.4. The van der Waals surface area contributed by atoms with Gasteiger partial charge in [0.15, 0.2) is 0 Å². The molecule has 0 heterocycles. The van der Waals surface area contributed by atoms with Crippen molar-refractivity contribution in [3.63, 3.8) is 0 Å². The van der Waals surface area contributed by atoms with Gasteiger partial charge in [-0.2, -0.15) is 25.3 Å². The normalized spacial score (nSPS) is 12.7. The van der Waals surface area contributed by atoms with E-state index in [1.54, 1.807) is 30.3 Å². The molecule has 0 aliphatic rings. The lowest BCUT2D eigenvalue weighted by Gasteiger charge is -2.14. The van der Waals surface area contributed by atoms with Crippen molar-refractivity contribution in [2.24, 2.45) is 10.2 Å². The number of fused-ring (bicyclic) bond motifs is 2. The maximum Gasteiger partial charge on any atom is 0.295 e. The molecule has 5 rings (SSSR count). The second-order valence-electron chi connectivity index (χ2n) is 8.91. The molecule has 0 bridgehead atoms. The predicted molar refractivity (Wildman–Crippen MR) is 153 cm³/mol. The minimum Gasteiger partial charge on any atom is -0.507 e. The van der Waals surface area contributed by atoms with Gasteiger partial charge in [-0.3, -0.25) is 13.7 Å². The Morgan fingerprint density at radius 3 is 1.83 bits per heavy atom. The Labute approximate surface area is 239 Å². The lowest BCUT2D eigenvalue weighted by Crippen LogP contribution is -2.01. The lowest BCUT2D eigenvalue weighted by atomic mass is 10.1. The molecule has 0 spiro atoms. The van der Waals surface area contributed by atoms with E-state index in [0.29, 0.717) is 11.4 Å². The number of para-hydroxylation sites is 1. The average Bonchev–Trinajstić information content (AvgIpc) is 2.90. The monoisotopic (exact) mass is 629 g/mol.